The molecular formula is C24H29N2O6PS2. The van der Waals surface area contributed by atoms with Crippen LogP contribution in [0.4, 0.5) is 5.69 Å². The van der Waals surface area contributed by atoms with E-state index in [1.807, 2.05) is 19.1 Å². The second kappa shape index (κ2) is 12.6. The van der Waals surface area contributed by atoms with Gasteiger partial charge in [0.2, 0.25) is 5.91 Å². The maximum atomic E-state index is 13.0. The molecule has 1 unspecified atom stereocenters. The number of rotatable bonds is 9. The molecule has 0 bridgehead atoms. The SMILES string of the molecule is CCCCC(=O)Nc1ccc(OC(C)=O)c(C(=O)Oc2ccc(P(=S)(S)N3CCOCC3)cc2)c1. The van der Waals surface area contributed by atoms with Crippen LogP contribution in [0.1, 0.15) is 43.5 Å². The van der Waals surface area contributed by atoms with E-state index in [1.165, 1.54) is 19.1 Å². The topological polar surface area (TPSA) is 94.2 Å². The van der Waals surface area contributed by atoms with E-state index in [0.717, 1.165) is 31.2 Å². The van der Waals surface area contributed by atoms with Crippen molar-refractivity contribution >= 4 is 58.3 Å². The zero-order chi connectivity index (χ0) is 25.4. The number of carbonyl (C=O) groups excluding carboxylic acids is 3. The monoisotopic (exact) mass is 536 g/mol. The van der Waals surface area contributed by atoms with Gasteiger partial charge in [-0.05, 0) is 48.9 Å². The quantitative estimate of drug-likeness (QED) is 0.214. The number of esters is 2. The summed E-state index contributed by atoms with van der Waals surface area (Å²) >= 11 is 10.6. The van der Waals surface area contributed by atoms with E-state index in [0.29, 0.717) is 31.1 Å². The molecule has 1 aliphatic heterocycles. The Kier molecular flexibility index (Phi) is 9.89. The van der Waals surface area contributed by atoms with Crippen LogP contribution in [0, 0.1) is 0 Å². The lowest BCUT2D eigenvalue weighted by Gasteiger charge is -2.34. The van der Waals surface area contributed by atoms with Crippen molar-refractivity contribution < 1.29 is 28.6 Å². The molecule has 1 amide bonds. The molecule has 2 aromatic rings. The first-order chi connectivity index (χ1) is 16.7. The number of benzene rings is 2. The van der Waals surface area contributed by atoms with Crippen molar-refractivity contribution in [3.63, 3.8) is 0 Å². The highest BCUT2D eigenvalue weighted by atomic mass is 32.9. The third-order valence-corrected chi connectivity index (χ3v) is 10.2. The summed E-state index contributed by atoms with van der Waals surface area (Å²) in [6.07, 6.45) is 2.02. The van der Waals surface area contributed by atoms with Gasteiger partial charge in [0.25, 0.3) is 0 Å². The van der Waals surface area contributed by atoms with Gasteiger partial charge < -0.3 is 19.5 Å². The predicted molar refractivity (Wildman–Crippen MR) is 143 cm³/mol. The lowest BCUT2D eigenvalue weighted by molar-refractivity contribution is -0.131. The van der Waals surface area contributed by atoms with Crippen molar-refractivity contribution in [2.75, 3.05) is 31.6 Å². The number of amides is 1. The van der Waals surface area contributed by atoms with Gasteiger partial charge in [-0.25, -0.2) is 4.79 Å². The molecule has 1 atom stereocenters. The number of hydrogen-bond acceptors (Lipinski definition) is 7. The average molecular weight is 537 g/mol. The summed E-state index contributed by atoms with van der Waals surface area (Å²) in [7, 11) is 0. The van der Waals surface area contributed by atoms with Gasteiger partial charge in [-0.2, -0.15) is 0 Å². The van der Waals surface area contributed by atoms with Gasteiger partial charge in [-0.15, -0.1) is 12.2 Å². The summed E-state index contributed by atoms with van der Waals surface area (Å²) in [6, 6.07) is 11.4. The molecular weight excluding hydrogens is 507 g/mol. The Labute approximate surface area is 215 Å². The Balaban J connectivity index is 1.77. The molecule has 11 heteroatoms. The third kappa shape index (κ3) is 7.62. The fraction of sp³-hybridized carbons (Fsp3) is 0.375. The molecule has 2 aromatic carbocycles. The number of ether oxygens (including phenoxy) is 3. The maximum Gasteiger partial charge on any atom is 0.347 e. The minimum absolute atomic E-state index is 0.0187. The highest BCUT2D eigenvalue weighted by molar-refractivity contribution is 8.65. The number of hydrogen-bond donors (Lipinski definition) is 2. The Bertz CT molecular complexity index is 1120. The summed E-state index contributed by atoms with van der Waals surface area (Å²) in [6.45, 7) is 5.93. The summed E-state index contributed by atoms with van der Waals surface area (Å²) in [5.41, 5.74) is 0.427. The highest BCUT2D eigenvalue weighted by Gasteiger charge is 2.26. The van der Waals surface area contributed by atoms with Crippen LogP contribution in [0.25, 0.3) is 0 Å². The van der Waals surface area contributed by atoms with E-state index >= 15 is 0 Å². The summed E-state index contributed by atoms with van der Waals surface area (Å²) < 4.78 is 18.3. The molecule has 188 valence electrons. The van der Waals surface area contributed by atoms with E-state index in [4.69, 9.17) is 38.3 Å². The Hall–Kier alpha value is -2.23. The van der Waals surface area contributed by atoms with Crippen LogP contribution in [0.5, 0.6) is 11.5 Å². The van der Waals surface area contributed by atoms with Crippen LogP contribution in [0.3, 0.4) is 0 Å². The molecule has 0 radical (unpaired) electrons. The van der Waals surface area contributed by atoms with Gasteiger partial charge in [-0.3, -0.25) is 14.3 Å². The van der Waals surface area contributed by atoms with Crippen LogP contribution in [0.2, 0.25) is 0 Å². The van der Waals surface area contributed by atoms with E-state index in [1.54, 1.807) is 18.2 Å². The molecule has 0 saturated carbocycles. The molecule has 1 N–H and O–H groups in total. The van der Waals surface area contributed by atoms with Crippen LogP contribution in [-0.4, -0.2) is 48.8 Å². The molecule has 1 saturated heterocycles. The largest absolute Gasteiger partial charge is 0.426 e. The Morgan fingerprint density at radius 2 is 1.80 bits per heavy atom. The van der Waals surface area contributed by atoms with Gasteiger partial charge in [0.15, 0.2) is 0 Å². The first-order valence-electron chi connectivity index (χ1n) is 11.3. The standard InChI is InChI=1S/C24H29N2O6PS2/c1-3-4-5-23(28)25-18-6-11-22(31-17(2)27)21(16-18)24(29)32-19-7-9-20(10-8-19)33(34,35)26-12-14-30-15-13-26/h6-11,16H,3-5,12-15H2,1-2H3,(H,25,28)(H,34,35). The zero-order valence-corrected chi connectivity index (χ0v) is 22.3. The number of morpholine rings is 1. The Morgan fingerprint density at radius 3 is 2.43 bits per heavy atom. The lowest BCUT2D eigenvalue weighted by Crippen LogP contribution is -2.35. The predicted octanol–water partition coefficient (Wildman–Crippen LogP) is 4.16. The number of anilines is 1. The summed E-state index contributed by atoms with van der Waals surface area (Å²) in [5, 5.41) is 1.40. The molecule has 1 heterocycles. The van der Waals surface area contributed by atoms with Crippen LogP contribution in [-0.2, 0) is 26.1 Å². The van der Waals surface area contributed by atoms with E-state index in [9.17, 15) is 14.4 Å². The first-order valence-corrected chi connectivity index (χ1v) is 15.2. The molecule has 8 nitrogen and oxygen atoms in total. The van der Waals surface area contributed by atoms with Crippen molar-refractivity contribution in [3.05, 3.63) is 48.0 Å². The van der Waals surface area contributed by atoms with E-state index in [2.05, 4.69) is 9.99 Å². The van der Waals surface area contributed by atoms with Crippen LogP contribution < -0.4 is 20.1 Å². The molecule has 0 spiro atoms. The average Bonchev–Trinajstić information content (AvgIpc) is 2.84. The minimum Gasteiger partial charge on any atom is -0.426 e. The molecule has 0 aliphatic carbocycles. The normalized spacial score (nSPS) is 15.6. The number of nitrogens with zero attached hydrogens (tertiary/aromatic N) is 1. The fourth-order valence-electron chi connectivity index (χ4n) is 3.43. The number of carbonyl (C=O) groups is 3. The second-order valence-corrected chi connectivity index (χ2v) is 14.3. The van der Waals surface area contributed by atoms with Crippen LogP contribution >= 0.6 is 17.6 Å². The van der Waals surface area contributed by atoms with Crippen molar-refractivity contribution in [2.45, 2.75) is 33.1 Å². The lowest BCUT2D eigenvalue weighted by atomic mass is 10.1. The number of nitrogens with one attached hydrogen (secondary N) is 1. The number of thiol groups is 1. The smallest absolute Gasteiger partial charge is 0.347 e. The summed E-state index contributed by atoms with van der Waals surface area (Å²) in [4.78, 5) is 36.6. The van der Waals surface area contributed by atoms with Gasteiger partial charge >= 0.3 is 11.9 Å². The highest BCUT2D eigenvalue weighted by Crippen LogP contribution is 2.53. The maximum absolute atomic E-state index is 13.0. The van der Waals surface area contributed by atoms with Gasteiger partial charge in [0.05, 0.1) is 18.6 Å². The van der Waals surface area contributed by atoms with Gasteiger partial charge in [0, 0.05) is 37.4 Å². The molecule has 1 aliphatic rings. The number of unbranched alkanes of at least 4 members (excludes halogenated alkanes) is 1. The van der Waals surface area contributed by atoms with Crippen molar-refractivity contribution in [1.29, 1.82) is 0 Å². The van der Waals surface area contributed by atoms with Crippen LogP contribution in [0.15, 0.2) is 42.5 Å². The molecule has 1 fully saturated rings. The van der Waals surface area contributed by atoms with Crippen molar-refractivity contribution in [1.82, 2.24) is 4.67 Å². The second-order valence-electron chi connectivity index (χ2n) is 7.95. The zero-order valence-electron chi connectivity index (χ0n) is 19.7. The van der Waals surface area contributed by atoms with Crippen molar-refractivity contribution in [2.24, 2.45) is 0 Å². The third-order valence-electron chi connectivity index (χ3n) is 5.25. The molecule has 35 heavy (non-hydrogen) atoms. The van der Waals surface area contributed by atoms with Gasteiger partial charge in [0.1, 0.15) is 17.1 Å². The van der Waals surface area contributed by atoms with E-state index in [-0.39, 0.29) is 17.2 Å². The molecule has 3 rings (SSSR count). The fourth-order valence-corrected chi connectivity index (χ4v) is 6.79. The Morgan fingerprint density at radius 1 is 1.11 bits per heavy atom. The summed E-state index contributed by atoms with van der Waals surface area (Å²) in [5.74, 6) is -1.12. The van der Waals surface area contributed by atoms with Gasteiger partial charge in [-0.1, -0.05) is 25.2 Å². The van der Waals surface area contributed by atoms with Crippen molar-refractivity contribution in [3.8, 4) is 11.5 Å². The first kappa shape index (κ1) is 27.4. The molecule has 0 aromatic heterocycles. The minimum atomic E-state index is -2.24. The van der Waals surface area contributed by atoms with E-state index < -0.39 is 17.3 Å².